The first-order valence-electron chi connectivity index (χ1n) is 11.7. The van der Waals surface area contributed by atoms with Crippen molar-refractivity contribution in [2.45, 2.75) is 38.9 Å². The monoisotopic (exact) mass is 490 g/mol. The van der Waals surface area contributed by atoms with E-state index in [1.165, 1.54) is 6.26 Å². The predicted molar refractivity (Wildman–Crippen MR) is 130 cm³/mol. The van der Waals surface area contributed by atoms with E-state index in [-0.39, 0.29) is 35.9 Å². The Labute approximate surface area is 206 Å². The summed E-state index contributed by atoms with van der Waals surface area (Å²) in [6.45, 7) is 3.32. The van der Waals surface area contributed by atoms with E-state index in [0.717, 1.165) is 16.7 Å². The molecule has 0 radical (unpaired) electrons. The highest BCUT2D eigenvalue weighted by Crippen LogP contribution is 2.34. The van der Waals surface area contributed by atoms with Crippen molar-refractivity contribution >= 4 is 28.6 Å². The smallest absolute Gasteiger partial charge is 0.307 e. The molecule has 1 atom stereocenters. The maximum Gasteiger partial charge on any atom is 0.307 e. The van der Waals surface area contributed by atoms with Gasteiger partial charge in [0.25, 0.3) is 5.91 Å². The Bertz CT molecular complexity index is 1390. The number of aromatic nitrogens is 4. The van der Waals surface area contributed by atoms with Crippen LogP contribution >= 0.6 is 0 Å². The number of hydrogen-bond acceptors (Lipinski definition) is 9. The SMILES string of the molecule is CCn1ncc2c(NC3CCOC(=O)C3)c(-c3nc(C(=O)NCc4ccc(OC)cc4)co3)cnc21. The van der Waals surface area contributed by atoms with Gasteiger partial charge in [0, 0.05) is 31.7 Å². The van der Waals surface area contributed by atoms with Crippen LogP contribution in [-0.2, 0) is 22.6 Å². The summed E-state index contributed by atoms with van der Waals surface area (Å²) in [6.07, 6.45) is 5.60. The Morgan fingerprint density at radius 3 is 2.83 bits per heavy atom. The summed E-state index contributed by atoms with van der Waals surface area (Å²) in [6, 6.07) is 7.30. The van der Waals surface area contributed by atoms with Gasteiger partial charge in [0.2, 0.25) is 5.89 Å². The lowest BCUT2D eigenvalue weighted by atomic mass is 10.1. The zero-order valence-electron chi connectivity index (χ0n) is 20.0. The molecule has 4 aromatic rings. The molecule has 1 aromatic carbocycles. The molecule has 1 saturated heterocycles. The van der Waals surface area contributed by atoms with Crippen LogP contribution in [0.5, 0.6) is 5.75 Å². The number of methoxy groups -OCH3 is 1. The van der Waals surface area contributed by atoms with E-state index in [2.05, 4.69) is 25.7 Å². The summed E-state index contributed by atoms with van der Waals surface area (Å²) >= 11 is 0. The number of pyridine rings is 1. The number of ether oxygens (including phenoxy) is 2. The first-order valence-corrected chi connectivity index (χ1v) is 11.7. The zero-order valence-corrected chi connectivity index (χ0v) is 20.0. The molecule has 11 nitrogen and oxygen atoms in total. The molecular weight excluding hydrogens is 464 g/mol. The molecule has 2 N–H and O–H groups in total. The van der Waals surface area contributed by atoms with Gasteiger partial charge in [-0.3, -0.25) is 9.59 Å². The van der Waals surface area contributed by atoms with E-state index < -0.39 is 0 Å². The maximum atomic E-state index is 12.7. The van der Waals surface area contributed by atoms with E-state index in [1.807, 2.05) is 31.2 Å². The van der Waals surface area contributed by atoms with Crippen molar-refractivity contribution < 1.29 is 23.5 Å². The third-order valence-corrected chi connectivity index (χ3v) is 6.04. The van der Waals surface area contributed by atoms with Gasteiger partial charge in [0.15, 0.2) is 11.3 Å². The number of carbonyl (C=O) groups excluding carboxylic acids is 2. The maximum absolute atomic E-state index is 12.7. The summed E-state index contributed by atoms with van der Waals surface area (Å²) in [7, 11) is 1.60. The summed E-state index contributed by atoms with van der Waals surface area (Å²) in [5.41, 5.74) is 3.05. The van der Waals surface area contributed by atoms with Gasteiger partial charge in [-0.2, -0.15) is 5.10 Å². The van der Waals surface area contributed by atoms with Crippen molar-refractivity contribution in [3.8, 4) is 17.2 Å². The number of aryl methyl sites for hydroxylation is 1. The van der Waals surface area contributed by atoms with Gasteiger partial charge < -0.3 is 24.5 Å². The number of nitrogens with zero attached hydrogens (tertiary/aromatic N) is 4. The average Bonchev–Trinajstić information content (AvgIpc) is 3.55. The molecular formula is C25H26N6O5. The molecule has 5 rings (SSSR count). The highest BCUT2D eigenvalue weighted by atomic mass is 16.5. The number of cyclic esters (lactones) is 1. The lowest BCUT2D eigenvalue weighted by Gasteiger charge is -2.24. The van der Waals surface area contributed by atoms with Crippen LogP contribution in [0.4, 0.5) is 5.69 Å². The van der Waals surface area contributed by atoms with Crippen LogP contribution in [-0.4, -0.2) is 51.4 Å². The summed E-state index contributed by atoms with van der Waals surface area (Å²) < 4.78 is 17.7. The highest BCUT2D eigenvalue weighted by molar-refractivity contribution is 5.98. The van der Waals surface area contributed by atoms with Crippen LogP contribution in [0.15, 0.2) is 47.3 Å². The van der Waals surface area contributed by atoms with E-state index in [0.29, 0.717) is 43.0 Å². The van der Waals surface area contributed by atoms with E-state index in [4.69, 9.17) is 13.9 Å². The first-order chi connectivity index (χ1) is 17.6. The molecule has 0 aliphatic carbocycles. The second-order valence-electron chi connectivity index (χ2n) is 8.37. The van der Waals surface area contributed by atoms with Gasteiger partial charge in [-0.25, -0.2) is 14.6 Å². The molecule has 1 fully saturated rings. The molecule has 0 bridgehead atoms. The van der Waals surface area contributed by atoms with Crippen LogP contribution in [0.1, 0.15) is 35.8 Å². The van der Waals surface area contributed by atoms with Gasteiger partial charge in [0.1, 0.15) is 12.0 Å². The Hall–Kier alpha value is -4.41. The molecule has 1 amide bonds. The Kier molecular flexibility index (Phi) is 6.52. The fourth-order valence-corrected chi connectivity index (χ4v) is 4.10. The van der Waals surface area contributed by atoms with Gasteiger partial charge in [-0.05, 0) is 24.6 Å². The number of benzene rings is 1. The Morgan fingerprint density at radius 2 is 2.08 bits per heavy atom. The fourth-order valence-electron chi connectivity index (χ4n) is 4.10. The number of oxazole rings is 1. The van der Waals surface area contributed by atoms with Crippen molar-refractivity contribution in [3.63, 3.8) is 0 Å². The summed E-state index contributed by atoms with van der Waals surface area (Å²) in [4.78, 5) is 33.5. The van der Waals surface area contributed by atoms with Crippen molar-refractivity contribution in [3.05, 3.63) is 54.2 Å². The zero-order chi connectivity index (χ0) is 25.1. The molecule has 1 unspecified atom stereocenters. The molecule has 1 aliphatic heterocycles. The second kappa shape index (κ2) is 10.1. The lowest BCUT2D eigenvalue weighted by Crippen LogP contribution is -2.31. The molecule has 4 heterocycles. The van der Waals surface area contributed by atoms with Gasteiger partial charge >= 0.3 is 5.97 Å². The molecule has 1 aliphatic rings. The first kappa shape index (κ1) is 23.3. The van der Waals surface area contributed by atoms with Crippen molar-refractivity contribution in [1.29, 1.82) is 0 Å². The van der Waals surface area contributed by atoms with Crippen LogP contribution in [0, 0.1) is 0 Å². The number of nitrogens with one attached hydrogen (secondary N) is 2. The summed E-state index contributed by atoms with van der Waals surface area (Å²) in [5.74, 6) is 0.375. The molecule has 3 aromatic heterocycles. The van der Waals surface area contributed by atoms with E-state index >= 15 is 0 Å². The number of anilines is 1. The van der Waals surface area contributed by atoms with Crippen LogP contribution < -0.4 is 15.4 Å². The minimum Gasteiger partial charge on any atom is -0.497 e. The molecule has 186 valence electrons. The number of hydrogen-bond donors (Lipinski definition) is 2. The molecule has 0 spiro atoms. The number of rotatable bonds is 8. The Morgan fingerprint density at radius 1 is 1.25 bits per heavy atom. The average molecular weight is 491 g/mol. The normalized spacial score (nSPS) is 15.5. The van der Waals surface area contributed by atoms with Crippen molar-refractivity contribution in [2.24, 2.45) is 0 Å². The number of fused-ring (bicyclic) bond motifs is 1. The lowest BCUT2D eigenvalue weighted by molar-refractivity contribution is -0.147. The van der Waals surface area contributed by atoms with Crippen LogP contribution in [0.3, 0.4) is 0 Å². The number of esters is 1. The standard InChI is InChI=1S/C25H26N6O5/c1-3-31-23-18(13-28-31)22(29-16-8-9-35-21(32)10-16)19(12-26-23)25-30-20(14-36-25)24(33)27-11-15-4-6-17(34-2)7-5-15/h4-7,12-14,16H,3,8-11H2,1-2H3,(H,26,29)(H,27,33). The number of carbonyl (C=O) groups is 2. The van der Waals surface area contributed by atoms with Crippen molar-refractivity contribution in [2.75, 3.05) is 19.0 Å². The third kappa shape index (κ3) is 4.72. The van der Waals surface area contributed by atoms with Crippen molar-refractivity contribution in [1.82, 2.24) is 25.1 Å². The second-order valence-corrected chi connectivity index (χ2v) is 8.37. The van der Waals surface area contributed by atoms with Gasteiger partial charge in [0.05, 0.1) is 43.0 Å². The quantitative estimate of drug-likeness (QED) is 0.357. The van der Waals surface area contributed by atoms with Crippen LogP contribution in [0.2, 0.25) is 0 Å². The topological polar surface area (TPSA) is 133 Å². The van der Waals surface area contributed by atoms with E-state index in [1.54, 1.807) is 24.2 Å². The van der Waals surface area contributed by atoms with Gasteiger partial charge in [-0.1, -0.05) is 12.1 Å². The summed E-state index contributed by atoms with van der Waals surface area (Å²) in [5, 5.41) is 11.5. The predicted octanol–water partition coefficient (Wildman–Crippen LogP) is 3.16. The minimum atomic E-state index is -0.363. The Balaban J connectivity index is 1.40. The largest absolute Gasteiger partial charge is 0.497 e. The van der Waals surface area contributed by atoms with Crippen LogP contribution in [0.25, 0.3) is 22.5 Å². The third-order valence-electron chi connectivity index (χ3n) is 6.04. The molecule has 36 heavy (non-hydrogen) atoms. The van der Waals surface area contributed by atoms with Gasteiger partial charge in [-0.15, -0.1) is 0 Å². The fraction of sp³-hybridized carbons (Fsp3) is 0.320. The molecule has 0 saturated carbocycles. The highest BCUT2D eigenvalue weighted by Gasteiger charge is 2.25. The molecule has 11 heteroatoms. The number of amides is 1. The van der Waals surface area contributed by atoms with E-state index in [9.17, 15) is 9.59 Å². The minimum absolute atomic E-state index is 0.122.